The van der Waals surface area contributed by atoms with Gasteiger partial charge in [-0.25, -0.2) is 8.42 Å². The fourth-order valence-corrected chi connectivity index (χ4v) is 6.92. The zero-order chi connectivity index (χ0) is 27.9. The molecule has 0 fully saturated rings. The first-order valence-corrected chi connectivity index (χ1v) is 15.4. The molecule has 208 valence electrons. The van der Waals surface area contributed by atoms with E-state index in [1.54, 1.807) is 0 Å². The summed E-state index contributed by atoms with van der Waals surface area (Å²) in [5.74, 6) is 0.723. The van der Waals surface area contributed by atoms with Gasteiger partial charge in [0.15, 0.2) is 4.80 Å². The average Bonchev–Trinajstić information content (AvgIpc) is 3.19. The molecule has 0 bridgehead atoms. The Balaban J connectivity index is 1.94. The molecule has 0 unspecified atom stereocenters. The Hall–Kier alpha value is -2.53. The minimum Gasteiger partial charge on any atom is -0.494 e. The van der Waals surface area contributed by atoms with E-state index in [-0.39, 0.29) is 16.7 Å². The average molecular weight is 562 g/mol. The Morgan fingerprint density at radius 3 is 2.24 bits per heavy atom. The third-order valence-corrected chi connectivity index (χ3v) is 8.59. The lowest BCUT2D eigenvalue weighted by Gasteiger charge is -2.25. The summed E-state index contributed by atoms with van der Waals surface area (Å²) in [6.07, 6.45) is 0. The van der Waals surface area contributed by atoms with Gasteiger partial charge in [-0.05, 0) is 68.1 Å². The van der Waals surface area contributed by atoms with E-state index in [4.69, 9.17) is 9.47 Å². The molecule has 0 radical (unpaired) electrons. The summed E-state index contributed by atoms with van der Waals surface area (Å²) in [5, 5.41) is 0. The molecule has 0 aliphatic carbocycles. The highest BCUT2D eigenvalue weighted by Gasteiger charge is 2.26. The third-order valence-electron chi connectivity index (χ3n) is 5.70. The Morgan fingerprint density at radius 2 is 1.66 bits per heavy atom. The molecule has 0 spiro atoms. The number of thiazole rings is 1. The first-order chi connectivity index (χ1) is 18.1. The molecule has 8 nitrogen and oxygen atoms in total. The summed E-state index contributed by atoms with van der Waals surface area (Å²) in [4.78, 5) is 18.3. The van der Waals surface area contributed by atoms with Crippen LogP contribution in [0.2, 0.25) is 0 Å². The lowest BCUT2D eigenvalue weighted by molar-refractivity contribution is 0.0996. The third kappa shape index (κ3) is 7.53. The van der Waals surface area contributed by atoms with Crippen molar-refractivity contribution in [1.82, 2.24) is 8.87 Å². The number of sulfonamides is 1. The fraction of sp³-hybridized carbons (Fsp3) is 0.500. The molecule has 0 atom stereocenters. The van der Waals surface area contributed by atoms with Gasteiger partial charge < -0.3 is 14.0 Å². The second-order valence-corrected chi connectivity index (χ2v) is 12.8. The van der Waals surface area contributed by atoms with Gasteiger partial charge in [0.1, 0.15) is 5.75 Å². The molecule has 0 saturated heterocycles. The Bertz CT molecular complexity index is 1380. The van der Waals surface area contributed by atoms with Gasteiger partial charge in [-0.2, -0.15) is 9.30 Å². The normalized spacial score (nSPS) is 12.8. The molecule has 3 rings (SSSR count). The summed E-state index contributed by atoms with van der Waals surface area (Å²) in [5.41, 5.74) is 1.27. The number of hydrogen-bond acceptors (Lipinski definition) is 6. The van der Waals surface area contributed by atoms with Gasteiger partial charge in [0.25, 0.3) is 5.91 Å². The van der Waals surface area contributed by atoms with Crippen molar-refractivity contribution in [2.75, 3.05) is 32.9 Å². The van der Waals surface area contributed by atoms with Crippen LogP contribution in [-0.2, 0) is 21.3 Å². The van der Waals surface area contributed by atoms with Crippen molar-refractivity contribution >= 4 is 37.5 Å². The fourth-order valence-electron chi connectivity index (χ4n) is 4.07. The predicted molar refractivity (Wildman–Crippen MR) is 152 cm³/mol. The maximum Gasteiger partial charge on any atom is 0.279 e. The van der Waals surface area contributed by atoms with Crippen LogP contribution in [0.15, 0.2) is 52.4 Å². The number of amides is 1. The Labute approximate surface area is 230 Å². The van der Waals surface area contributed by atoms with Gasteiger partial charge >= 0.3 is 0 Å². The number of benzene rings is 2. The highest BCUT2D eigenvalue weighted by Crippen LogP contribution is 2.24. The summed E-state index contributed by atoms with van der Waals surface area (Å²) in [6, 6.07) is 11.9. The summed E-state index contributed by atoms with van der Waals surface area (Å²) < 4.78 is 42.3. The molecule has 3 aromatic rings. The number of hydrogen-bond donors (Lipinski definition) is 0. The van der Waals surface area contributed by atoms with Crippen LogP contribution >= 0.6 is 11.3 Å². The maximum absolute atomic E-state index is 13.3. The van der Waals surface area contributed by atoms with E-state index in [1.807, 2.05) is 64.3 Å². The molecule has 2 aromatic carbocycles. The number of carbonyl (C=O) groups is 1. The zero-order valence-electron chi connectivity index (χ0n) is 23.1. The lowest BCUT2D eigenvalue weighted by Crippen LogP contribution is -2.37. The number of nitrogens with zero attached hydrogens (tertiary/aromatic N) is 3. The smallest absolute Gasteiger partial charge is 0.279 e. The second kappa shape index (κ2) is 13.5. The van der Waals surface area contributed by atoms with Crippen LogP contribution in [-0.4, -0.2) is 56.1 Å². The van der Waals surface area contributed by atoms with E-state index in [2.05, 4.69) is 4.99 Å². The number of carbonyl (C=O) groups excluding carboxylic acids is 1. The van der Waals surface area contributed by atoms with Crippen LogP contribution in [0.1, 0.15) is 51.9 Å². The number of ether oxygens (including phenoxy) is 2. The van der Waals surface area contributed by atoms with Gasteiger partial charge in [0, 0.05) is 31.8 Å². The maximum atomic E-state index is 13.3. The van der Waals surface area contributed by atoms with Gasteiger partial charge in [-0.1, -0.05) is 39.0 Å². The van der Waals surface area contributed by atoms with Crippen molar-refractivity contribution in [3.8, 4) is 5.75 Å². The van der Waals surface area contributed by atoms with Crippen molar-refractivity contribution < 1.29 is 22.7 Å². The molecule has 0 saturated carbocycles. The summed E-state index contributed by atoms with van der Waals surface area (Å²) in [7, 11) is -3.67. The first kappa shape index (κ1) is 30.0. The molecule has 1 aromatic heterocycles. The molecule has 0 aliphatic rings. The van der Waals surface area contributed by atoms with Gasteiger partial charge in [0.2, 0.25) is 10.0 Å². The van der Waals surface area contributed by atoms with Crippen LogP contribution in [0, 0.1) is 11.8 Å². The van der Waals surface area contributed by atoms with Crippen molar-refractivity contribution in [2.24, 2.45) is 16.8 Å². The zero-order valence-corrected chi connectivity index (χ0v) is 24.8. The minimum atomic E-state index is -3.67. The summed E-state index contributed by atoms with van der Waals surface area (Å²) in [6.45, 7) is 15.0. The van der Waals surface area contributed by atoms with Crippen molar-refractivity contribution in [1.29, 1.82) is 0 Å². The predicted octanol–water partition coefficient (Wildman–Crippen LogP) is 5.18. The first-order valence-electron chi connectivity index (χ1n) is 13.1. The van der Waals surface area contributed by atoms with Crippen molar-refractivity contribution in [3.05, 3.63) is 52.8 Å². The molecule has 0 N–H and O–H groups in total. The molecular formula is C28H39N3O5S2. The van der Waals surface area contributed by atoms with Crippen molar-refractivity contribution in [3.63, 3.8) is 0 Å². The number of aromatic nitrogens is 1. The van der Waals surface area contributed by atoms with E-state index >= 15 is 0 Å². The largest absolute Gasteiger partial charge is 0.494 e. The SMILES string of the molecule is CCOCCn1c(=NC(=O)c2ccc(S(=O)(=O)N(CC(C)C)CC(C)C)cc2)sc2cc(OCC)ccc21. The monoisotopic (exact) mass is 561 g/mol. The molecular weight excluding hydrogens is 522 g/mol. The van der Waals surface area contributed by atoms with E-state index in [0.717, 1.165) is 16.0 Å². The quantitative estimate of drug-likeness (QED) is 0.268. The number of fused-ring (bicyclic) bond motifs is 1. The highest BCUT2D eigenvalue weighted by atomic mass is 32.2. The van der Waals surface area contributed by atoms with Crippen LogP contribution in [0.3, 0.4) is 0 Å². The van der Waals surface area contributed by atoms with E-state index < -0.39 is 15.9 Å². The second-order valence-electron chi connectivity index (χ2n) is 9.85. The topological polar surface area (TPSA) is 90.2 Å². The molecule has 38 heavy (non-hydrogen) atoms. The lowest BCUT2D eigenvalue weighted by atomic mass is 10.2. The van der Waals surface area contributed by atoms with E-state index in [1.165, 1.54) is 39.9 Å². The van der Waals surface area contributed by atoms with Crippen LogP contribution in [0.4, 0.5) is 0 Å². The molecule has 10 heteroatoms. The Kier molecular flexibility index (Phi) is 10.7. The molecule has 1 amide bonds. The summed E-state index contributed by atoms with van der Waals surface area (Å²) >= 11 is 1.40. The van der Waals surface area contributed by atoms with Gasteiger partial charge in [-0.15, -0.1) is 0 Å². The standard InChI is InChI=1S/C28H39N3O5S2/c1-7-35-16-15-31-25-14-11-23(36-8-2)17-26(25)37-28(31)29-27(32)22-9-12-24(13-10-22)38(33,34)30(18-20(3)4)19-21(5)6/h9-14,17,20-21H,7-8,15-16,18-19H2,1-6H3. The number of rotatable bonds is 13. The van der Waals surface area contributed by atoms with Crippen molar-refractivity contribution in [2.45, 2.75) is 53.0 Å². The van der Waals surface area contributed by atoms with Crippen LogP contribution in [0.5, 0.6) is 5.75 Å². The molecule has 0 aliphatic heterocycles. The van der Waals surface area contributed by atoms with E-state index in [9.17, 15) is 13.2 Å². The molecule has 1 heterocycles. The minimum absolute atomic E-state index is 0.174. The highest BCUT2D eigenvalue weighted by molar-refractivity contribution is 7.89. The van der Waals surface area contributed by atoms with Gasteiger partial charge in [-0.3, -0.25) is 4.79 Å². The van der Waals surface area contributed by atoms with Crippen LogP contribution < -0.4 is 9.54 Å². The van der Waals surface area contributed by atoms with Gasteiger partial charge in [0.05, 0.1) is 28.3 Å². The Morgan fingerprint density at radius 1 is 1.00 bits per heavy atom. The van der Waals surface area contributed by atoms with Crippen LogP contribution in [0.25, 0.3) is 10.2 Å². The van der Waals surface area contributed by atoms with E-state index in [0.29, 0.717) is 49.8 Å².